The summed E-state index contributed by atoms with van der Waals surface area (Å²) in [6.45, 7) is 2.86. The third-order valence-electron chi connectivity index (χ3n) is 4.04. The molecule has 0 spiro atoms. The molecule has 2 atom stereocenters. The molecule has 19 heavy (non-hydrogen) atoms. The van der Waals surface area contributed by atoms with E-state index in [-0.39, 0.29) is 24.1 Å². The minimum absolute atomic E-state index is 0.0727. The number of likely N-dealkylation sites (tertiary alicyclic amines) is 1. The van der Waals surface area contributed by atoms with E-state index in [1.54, 1.807) is 0 Å². The van der Waals surface area contributed by atoms with Gasteiger partial charge in [0.1, 0.15) is 6.04 Å². The Morgan fingerprint density at radius 1 is 1.53 bits per heavy atom. The van der Waals surface area contributed by atoms with Gasteiger partial charge in [-0.25, -0.2) is 0 Å². The fourth-order valence-corrected chi connectivity index (χ4v) is 2.92. The molecule has 2 unspecified atom stereocenters. The van der Waals surface area contributed by atoms with Crippen LogP contribution in [0.15, 0.2) is 0 Å². The van der Waals surface area contributed by atoms with Gasteiger partial charge in [-0.2, -0.15) is 0 Å². The number of imide groups is 1. The summed E-state index contributed by atoms with van der Waals surface area (Å²) in [6, 6.07) is -0.693. The van der Waals surface area contributed by atoms with Crippen molar-refractivity contribution in [2.45, 2.75) is 50.6 Å². The lowest BCUT2D eigenvalue weighted by Gasteiger charge is -2.29. The molecule has 6 heteroatoms. The molecule has 0 aromatic rings. The summed E-state index contributed by atoms with van der Waals surface area (Å²) in [7, 11) is 1.45. The summed E-state index contributed by atoms with van der Waals surface area (Å²) < 4.78 is 0. The van der Waals surface area contributed by atoms with Gasteiger partial charge in [0.05, 0.1) is 12.0 Å². The summed E-state index contributed by atoms with van der Waals surface area (Å²) in [4.78, 5) is 36.7. The third-order valence-corrected chi connectivity index (χ3v) is 4.04. The van der Waals surface area contributed by atoms with Crippen molar-refractivity contribution >= 4 is 17.7 Å². The minimum Gasteiger partial charge on any atom is -0.342 e. The SMILES string of the molecule is CCCC1(C(=O)NC2CC(=O)N(C)C2=O)CCCN1. The second-order valence-electron chi connectivity index (χ2n) is 5.38. The Bertz CT molecular complexity index is 402. The van der Waals surface area contributed by atoms with Crippen LogP contribution in [0.3, 0.4) is 0 Å². The number of carbonyl (C=O) groups is 3. The predicted octanol–water partition coefficient (Wildman–Crippen LogP) is -0.218. The molecule has 0 saturated carbocycles. The molecule has 0 aromatic carbocycles. The van der Waals surface area contributed by atoms with Gasteiger partial charge in [-0.15, -0.1) is 0 Å². The lowest BCUT2D eigenvalue weighted by Crippen LogP contribution is -2.56. The maximum atomic E-state index is 12.4. The first-order chi connectivity index (χ1) is 9.00. The molecule has 3 amide bonds. The highest BCUT2D eigenvalue weighted by molar-refractivity contribution is 6.07. The number of rotatable bonds is 4. The molecule has 2 saturated heterocycles. The molecule has 0 aliphatic carbocycles. The van der Waals surface area contributed by atoms with Crippen LogP contribution in [0.2, 0.25) is 0 Å². The Balaban J connectivity index is 2.04. The monoisotopic (exact) mass is 267 g/mol. The van der Waals surface area contributed by atoms with Crippen molar-refractivity contribution in [1.29, 1.82) is 0 Å². The number of nitrogens with one attached hydrogen (secondary N) is 2. The highest BCUT2D eigenvalue weighted by atomic mass is 16.2. The largest absolute Gasteiger partial charge is 0.342 e. The highest BCUT2D eigenvalue weighted by Gasteiger charge is 2.44. The van der Waals surface area contributed by atoms with Gasteiger partial charge < -0.3 is 10.6 Å². The summed E-state index contributed by atoms with van der Waals surface area (Å²) in [5.41, 5.74) is -0.556. The van der Waals surface area contributed by atoms with Crippen LogP contribution in [0.4, 0.5) is 0 Å². The quantitative estimate of drug-likeness (QED) is 0.690. The molecular formula is C13H21N3O3. The highest BCUT2D eigenvalue weighted by Crippen LogP contribution is 2.25. The van der Waals surface area contributed by atoms with Crippen molar-refractivity contribution in [3.63, 3.8) is 0 Å². The van der Waals surface area contributed by atoms with Crippen LogP contribution < -0.4 is 10.6 Å². The zero-order valence-electron chi connectivity index (χ0n) is 11.5. The molecule has 6 nitrogen and oxygen atoms in total. The van der Waals surface area contributed by atoms with E-state index in [1.165, 1.54) is 7.05 Å². The van der Waals surface area contributed by atoms with E-state index in [9.17, 15) is 14.4 Å². The van der Waals surface area contributed by atoms with Crippen molar-refractivity contribution in [2.75, 3.05) is 13.6 Å². The fourth-order valence-electron chi connectivity index (χ4n) is 2.92. The van der Waals surface area contributed by atoms with Crippen LogP contribution in [0.25, 0.3) is 0 Å². The molecule has 2 N–H and O–H groups in total. The Kier molecular flexibility index (Phi) is 3.89. The van der Waals surface area contributed by atoms with E-state index < -0.39 is 11.6 Å². The molecule has 0 radical (unpaired) electrons. The number of amides is 3. The van der Waals surface area contributed by atoms with Crippen LogP contribution in [0, 0.1) is 0 Å². The lowest BCUT2D eigenvalue weighted by molar-refractivity contribution is -0.138. The lowest BCUT2D eigenvalue weighted by atomic mass is 9.90. The topological polar surface area (TPSA) is 78.5 Å². The van der Waals surface area contributed by atoms with E-state index >= 15 is 0 Å². The fraction of sp³-hybridized carbons (Fsp3) is 0.769. The maximum Gasteiger partial charge on any atom is 0.252 e. The standard InChI is InChI=1S/C13H21N3O3/c1-3-5-13(6-4-7-14-13)12(19)15-9-8-10(17)16(2)11(9)18/h9,14H,3-8H2,1-2H3,(H,15,19). The van der Waals surface area contributed by atoms with Crippen LogP contribution in [0.5, 0.6) is 0 Å². The average Bonchev–Trinajstić information content (AvgIpc) is 2.93. The molecule has 2 heterocycles. The molecule has 106 valence electrons. The molecule has 2 rings (SSSR count). The summed E-state index contributed by atoms with van der Waals surface area (Å²) in [6.07, 6.45) is 3.48. The van der Waals surface area contributed by atoms with Gasteiger partial charge >= 0.3 is 0 Å². The van der Waals surface area contributed by atoms with Gasteiger partial charge in [0.2, 0.25) is 11.8 Å². The third kappa shape index (κ3) is 2.49. The number of hydrogen-bond donors (Lipinski definition) is 2. The van der Waals surface area contributed by atoms with Crippen LogP contribution in [-0.4, -0.2) is 47.8 Å². The average molecular weight is 267 g/mol. The first kappa shape index (κ1) is 14.0. The molecule has 2 aliphatic rings. The van der Waals surface area contributed by atoms with Crippen LogP contribution in [0.1, 0.15) is 39.0 Å². The summed E-state index contributed by atoms with van der Waals surface area (Å²) in [5.74, 6) is -0.699. The zero-order valence-corrected chi connectivity index (χ0v) is 11.5. The van der Waals surface area contributed by atoms with Gasteiger partial charge in [-0.1, -0.05) is 13.3 Å². The first-order valence-corrected chi connectivity index (χ1v) is 6.86. The molecule has 2 fully saturated rings. The first-order valence-electron chi connectivity index (χ1n) is 6.86. The van der Waals surface area contributed by atoms with Gasteiger partial charge in [-0.05, 0) is 25.8 Å². The molecule has 0 bridgehead atoms. The second kappa shape index (κ2) is 5.28. The van der Waals surface area contributed by atoms with Crippen LogP contribution in [-0.2, 0) is 14.4 Å². The second-order valence-corrected chi connectivity index (χ2v) is 5.38. The predicted molar refractivity (Wildman–Crippen MR) is 69.2 cm³/mol. The summed E-state index contributed by atoms with van der Waals surface area (Å²) >= 11 is 0. The minimum atomic E-state index is -0.693. The molecule has 2 aliphatic heterocycles. The zero-order chi connectivity index (χ0) is 14.0. The number of nitrogens with zero attached hydrogens (tertiary/aromatic N) is 1. The number of hydrogen-bond acceptors (Lipinski definition) is 4. The Morgan fingerprint density at radius 2 is 2.26 bits per heavy atom. The van der Waals surface area contributed by atoms with E-state index in [1.807, 2.05) is 6.92 Å². The van der Waals surface area contributed by atoms with E-state index in [0.717, 1.165) is 37.1 Å². The van der Waals surface area contributed by atoms with Crippen LogP contribution >= 0.6 is 0 Å². The summed E-state index contributed by atoms with van der Waals surface area (Å²) in [5, 5.41) is 6.00. The van der Waals surface area contributed by atoms with E-state index in [4.69, 9.17) is 0 Å². The van der Waals surface area contributed by atoms with Gasteiger partial charge in [0.15, 0.2) is 0 Å². The molecular weight excluding hydrogens is 246 g/mol. The Labute approximate surface area is 112 Å². The van der Waals surface area contributed by atoms with Crippen molar-refractivity contribution in [1.82, 2.24) is 15.5 Å². The van der Waals surface area contributed by atoms with Crippen molar-refractivity contribution < 1.29 is 14.4 Å². The maximum absolute atomic E-state index is 12.4. The molecule has 0 aromatic heterocycles. The van der Waals surface area contributed by atoms with Crippen molar-refractivity contribution in [3.8, 4) is 0 Å². The van der Waals surface area contributed by atoms with E-state index in [0.29, 0.717) is 0 Å². The van der Waals surface area contributed by atoms with Crippen molar-refractivity contribution in [3.05, 3.63) is 0 Å². The van der Waals surface area contributed by atoms with Gasteiger partial charge in [-0.3, -0.25) is 19.3 Å². The van der Waals surface area contributed by atoms with Gasteiger partial charge in [0.25, 0.3) is 5.91 Å². The number of carbonyl (C=O) groups excluding carboxylic acids is 3. The van der Waals surface area contributed by atoms with Crippen molar-refractivity contribution in [2.24, 2.45) is 0 Å². The van der Waals surface area contributed by atoms with Gasteiger partial charge in [0, 0.05) is 7.05 Å². The Hall–Kier alpha value is -1.43. The smallest absolute Gasteiger partial charge is 0.252 e. The normalized spacial score (nSPS) is 31.1. The van der Waals surface area contributed by atoms with E-state index in [2.05, 4.69) is 10.6 Å². The number of likely N-dealkylation sites (N-methyl/N-ethyl adjacent to an activating group) is 1. The Morgan fingerprint density at radius 3 is 2.74 bits per heavy atom.